The molecule has 0 aromatic carbocycles. The Morgan fingerprint density at radius 2 is 1.75 bits per heavy atom. The van der Waals surface area contributed by atoms with E-state index in [2.05, 4.69) is 11.2 Å². The summed E-state index contributed by atoms with van der Waals surface area (Å²) in [6.07, 6.45) is 0. The summed E-state index contributed by atoms with van der Waals surface area (Å²) in [6.45, 7) is 4.73. The Labute approximate surface area is 34.3 Å². The van der Waals surface area contributed by atoms with Crippen molar-refractivity contribution in [2.75, 3.05) is 0 Å². The quantitative estimate of drug-likeness (QED) is 0.275. The zero-order valence-electron chi connectivity index (χ0n) is 1.97. The van der Waals surface area contributed by atoms with Crippen molar-refractivity contribution in [3.8, 4) is 0 Å². The Morgan fingerprint density at radius 3 is 1.75 bits per heavy atom. The van der Waals surface area contributed by atoms with Crippen molar-refractivity contribution in [1.29, 1.82) is 0 Å². The fourth-order valence-electron chi connectivity index (χ4n) is 0. The molecular weight excluding hydrogens is 85.8 g/mol. The molecule has 3 radical (unpaired) electrons. The van der Waals surface area contributed by atoms with Crippen LogP contribution in [0.15, 0.2) is 0 Å². The molecule has 0 unspecified atom stereocenters. The average Bonchev–Trinajstić information content (AvgIpc) is 0.811. The molecular formula is B2S2-. The molecule has 0 fully saturated rings. The Kier molecular flexibility index (Phi) is 2.31. The maximum absolute atomic E-state index is 4.73. The first-order valence-corrected chi connectivity index (χ1v) is 2.91. The molecule has 4 heteroatoms. The molecule has 0 atom stereocenters. The van der Waals surface area contributed by atoms with E-state index in [-0.39, 0.29) is 0 Å². The first-order chi connectivity index (χ1) is 1.73. The Balaban J connectivity index is 3.51. The molecule has 4 heavy (non-hydrogen) atoms. The van der Waals surface area contributed by atoms with Crippen molar-refractivity contribution in [2.45, 2.75) is 0 Å². The topological polar surface area (TPSA) is 0 Å². The van der Waals surface area contributed by atoms with Crippen molar-refractivity contribution in [2.24, 2.45) is 0 Å². The molecule has 0 heterocycles. The van der Waals surface area contributed by atoms with Crippen LogP contribution in [0.2, 0.25) is 0 Å². The molecule has 19 valence electrons. The molecule has 0 aliphatic heterocycles. The van der Waals surface area contributed by atoms with Gasteiger partial charge in [-0.1, -0.05) is 0 Å². The first-order valence-electron chi connectivity index (χ1n) is 0.638. The van der Waals surface area contributed by atoms with Crippen LogP contribution >= 0.6 is 0 Å². The minimum absolute atomic E-state index is 0.778. The second kappa shape index (κ2) is 1.97. The van der Waals surface area contributed by atoms with Gasteiger partial charge in [0.05, 0.1) is 0 Å². The summed E-state index contributed by atoms with van der Waals surface area (Å²) in [4.78, 5) is 0. The molecule has 0 nitrogen and oxygen atoms in total. The van der Waals surface area contributed by atoms with E-state index in [1.54, 1.807) is 0 Å². The summed E-state index contributed by atoms with van der Waals surface area (Å²) in [5.41, 5.74) is 0. The Hall–Kier alpha value is 0.700. The third-order valence-corrected chi connectivity index (χ3v) is 0. The van der Waals surface area contributed by atoms with Gasteiger partial charge in [-0.15, -0.1) is 0 Å². The summed E-state index contributed by atoms with van der Waals surface area (Å²) in [5.74, 6) is 0. The second-order valence-corrected chi connectivity index (χ2v) is 2.14. The number of rotatable bonds is 0. The minimum atomic E-state index is -0.778. The third kappa shape index (κ3) is 15.9. The monoisotopic (exact) mass is 86.0 g/mol. The molecule has 0 saturated heterocycles. The van der Waals surface area contributed by atoms with Gasteiger partial charge in [-0.2, -0.15) is 0 Å². The summed E-state index contributed by atoms with van der Waals surface area (Å²) < 4.78 is 0. The van der Waals surface area contributed by atoms with Gasteiger partial charge in [0, 0.05) is 0 Å². The SMILES string of the molecule is [B][S-](=[B])=S. The van der Waals surface area contributed by atoms with Gasteiger partial charge in [0.25, 0.3) is 0 Å². The fourth-order valence-corrected chi connectivity index (χ4v) is 0. The van der Waals surface area contributed by atoms with E-state index < -0.39 is 8.73 Å². The van der Waals surface area contributed by atoms with Crippen LogP contribution in [0.4, 0.5) is 0 Å². The van der Waals surface area contributed by atoms with Gasteiger partial charge in [0.15, 0.2) is 0 Å². The summed E-state index contributed by atoms with van der Waals surface area (Å²) >= 11 is 4.20. The molecule has 0 amide bonds. The molecule has 0 rings (SSSR count). The summed E-state index contributed by atoms with van der Waals surface area (Å²) in [7, 11) is 3.95. The van der Waals surface area contributed by atoms with Gasteiger partial charge in [0.2, 0.25) is 0 Å². The van der Waals surface area contributed by atoms with Crippen molar-refractivity contribution in [1.82, 2.24) is 0 Å². The van der Waals surface area contributed by atoms with E-state index in [9.17, 15) is 0 Å². The summed E-state index contributed by atoms with van der Waals surface area (Å²) in [6, 6.07) is 0. The first kappa shape index (κ1) is 4.70. The van der Waals surface area contributed by atoms with E-state index in [1.165, 1.54) is 0 Å². The maximum atomic E-state index is 4.73. The van der Waals surface area contributed by atoms with Crippen LogP contribution in [0.5, 0.6) is 0 Å². The van der Waals surface area contributed by atoms with Gasteiger partial charge in [-0.05, 0) is 0 Å². The van der Waals surface area contributed by atoms with Crippen molar-refractivity contribution in [3.05, 3.63) is 0 Å². The molecule has 0 saturated carbocycles. The Morgan fingerprint density at radius 1 is 1.75 bits per heavy atom. The second-order valence-electron chi connectivity index (χ2n) is 0.329. The van der Waals surface area contributed by atoms with Gasteiger partial charge < -0.3 is 0 Å². The van der Waals surface area contributed by atoms with Crippen LogP contribution in [-0.2, 0) is 19.9 Å². The fraction of sp³-hybridized carbons (Fsp3) is 0. The average molecular weight is 85.8 g/mol. The number of hydrogen-bond donors (Lipinski definition) is 0. The summed E-state index contributed by atoms with van der Waals surface area (Å²) in [5, 5.41) is 0. The van der Waals surface area contributed by atoms with Crippen molar-refractivity contribution < 1.29 is 0 Å². The normalized spacial score (nSPS) is 8.00. The molecule has 0 aromatic heterocycles. The van der Waals surface area contributed by atoms with Crippen LogP contribution < -0.4 is 0 Å². The van der Waals surface area contributed by atoms with E-state index in [1.807, 2.05) is 0 Å². The number of hydrogen-bond acceptors (Lipinski definition) is 2. The predicted molar refractivity (Wildman–Crippen MR) is 26.2 cm³/mol. The van der Waals surface area contributed by atoms with Gasteiger partial charge in [-0.3, -0.25) is 0 Å². The third-order valence-electron chi connectivity index (χ3n) is 0. The molecule has 0 aliphatic carbocycles. The zero-order valence-corrected chi connectivity index (χ0v) is 3.60. The van der Waals surface area contributed by atoms with Crippen LogP contribution in [0, 0.1) is 0 Å². The van der Waals surface area contributed by atoms with Crippen LogP contribution in [0.3, 0.4) is 0 Å². The Bertz CT molecular complexity index is 52.4. The molecule has 0 bridgehead atoms. The van der Waals surface area contributed by atoms with E-state index in [0.717, 1.165) is 0 Å². The van der Waals surface area contributed by atoms with E-state index in [0.29, 0.717) is 0 Å². The standard InChI is InChI=1S/B2S2/c1-4(2)3/q-1. The van der Waals surface area contributed by atoms with Gasteiger partial charge in [0.1, 0.15) is 0 Å². The van der Waals surface area contributed by atoms with Crippen LogP contribution in [0.1, 0.15) is 0 Å². The predicted octanol–water partition coefficient (Wildman–Crippen LogP) is -0.766. The molecule has 0 aliphatic rings. The van der Waals surface area contributed by atoms with Crippen LogP contribution in [-0.4, -0.2) is 13.8 Å². The van der Waals surface area contributed by atoms with Gasteiger partial charge in [-0.25, -0.2) is 0 Å². The van der Waals surface area contributed by atoms with Crippen molar-refractivity contribution in [3.63, 3.8) is 0 Å². The van der Waals surface area contributed by atoms with Crippen molar-refractivity contribution >= 4 is 33.8 Å². The van der Waals surface area contributed by atoms with E-state index >= 15 is 0 Å². The molecule has 0 aromatic rings. The van der Waals surface area contributed by atoms with Gasteiger partial charge >= 0.3 is 33.8 Å². The molecule has 0 spiro atoms. The zero-order chi connectivity index (χ0) is 3.58. The molecule has 0 N–H and O–H groups in total. The van der Waals surface area contributed by atoms with Crippen LogP contribution in [0.25, 0.3) is 0 Å². The van der Waals surface area contributed by atoms with E-state index in [4.69, 9.17) is 13.8 Å².